The summed E-state index contributed by atoms with van der Waals surface area (Å²) >= 11 is 13.4. The maximum atomic E-state index is 12.4. The van der Waals surface area contributed by atoms with Crippen LogP contribution in [0.1, 0.15) is 5.56 Å². The van der Waals surface area contributed by atoms with Crippen molar-refractivity contribution in [2.24, 2.45) is 0 Å². The van der Waals surface area contributed by atoms with Crippen LogP contribution in [0, 0.1) is 6.92 Å². The Morgan fingerprint density at radius 3 is 2.29 bits per heavy atom. The fourth-order valence-corrected chi connectivity index (χ4v) is 5.53. The predicted molar refractivity (Wildman–Crippen MR) is 120 cm³/mol. The quantitative estimate of drug-likeness (QED) is 0.230. The maximum absolute atomic E-state index is 12.4. The van der Waals surface area contributed by atoms with E-state index < -0.39 is 0 Å². The minimum atomic E-state index is -0.211. The summed E-state index contributed by atoms with van der Waals surface area (Å²) in [5.41, 5.74) is 3.93. The third-order valence-corrected chi connectivity index (χ3v) is 7.04. The second-order valence-electron chi connectivity index (χ2n) is 6.05. The van der Waals surface area contributed by atoms with Crippen LogP contribution >= 0.6 is 63.7 Å². The van der Waals surface area contributed by atoms with Crippen molar-refractivity contribution in [3.63, 3.8) is 0 Å². The van der Waals surface area contributed by atoms with Gasteiger partial charge in [-0.25, -0.2) is 0 Å². The van der Waals surface area contributed by atoms with Gasteiger partial charge in [0.25, 0.3) is 0 Å². The molecule has 0 bridgehead atoms. The van der Waals surface area contributed by atoms with Gasteiger partial charge in [0.15, 0.2) is 5.76 Å². The van der Waals surface area contributed by atoms with E-state index in [4.69, 9.17) is 4.42 Å². The van der Waals surface area contributed by atoms with Crippen molar-refractivity contribution in [3.8, 4) is 28.2 Å². The van der Waals surface area contributed by atoms with E-state index in [-0.39, 0.29) is 62.6 Å². The molecule has 4 rings (SSSR count). The number of benzene rings is 3. The number of halogens is 4. The second-order valence-corrected chi connectivity index (χ2v) is 9.34. The van der Waals surface area contributed by atoms with Crippen LogP contribution in [0.3, 0.4) is 0 Å². The van der Waals surface area contributed by atoms with Crippen molar-refractivity contribution in [2.75, 3.05) is 0 Å². The summed E-state index contributed by atoms with van der Waals surface area (Å²) in [4.78, 5) is 12.4. The van der Waals surface area contributed by atoms with E-state index in [1.807, 2.05) is 31.2 Å². The molecule has 28 heavy (non-hydrogen) atoms. The molecule has 0 spiro atoms. The van der Waals surface area contributed by atoms with Gasteiger partial charge in [-0.1, -0.05) is 45.9 Å². The average Bonchev–Trinajstić information content (AvgIpc) is 2.64. The van der Waals surface area contributed by atoms with E-state index in [0.29, 0.717) is 29.2 Å². The largest absolute Gasteiger partial charge is 1.00 e. The topological polar surface area (TPSA) is 53.3 Å². The normalized spacial score (nSPS) is 11.0. The van der Waals surface area contributed by atoms with Gasteiger partial charge in [-0.05, 0) is 78.0 Å². The molecule has 0 fully saturated rings. The molecule has 1 heterocycles. The standard InChI is InChI=1S/C20H10Br4O3.K/c1-8-4-2-3-5-9(8)14-10-6-12(21)17(25)15(23)19(10)27-20-11(14)7-13(22)18(26)16(20)24;/h2-7,25H,1H3;/q;+1/p-1. The van der Waals surface area contributed by atoms with Crippen molar-refractivity contribution < 1.29 is 60.9 Å². The van der Waals surface area contributed by atoms with E-state index in [9.17, 15) is 9.90 Å². The Kier molecular flexibility index (Phi) is 7.38. The number of hydrogen-bond acceptors (Lipinski definition) is 3. The molecular formula is C20H9Br4KO3. The number of rotatable bonds is 1. The van der Waals surface area contributed by atoms with Crippen LogP contribution in [-0.4, -0.2) is 0 Å². The molecule has 2 aromatic carbocycles. The third-order valence-electron chi connectivity index (χ3n) is 4.42. The molecule has 136 valence electrons. The molecule has 0 atom stereocenters. The molecule has 1 aliphatic heterocycles. The fourth-order valence-electron chi connectivity index (χ4n) is 3.13. The summed E-state index contributed by atoms with van der Waals surface area (Å²) in [6.45, 7) is 2.02. The zero-order valence-electron chi connectivity index (χ0n) is 14.7. The Labute approximate surface area is 237 Å². The molecule has 0 N–H and O–H groups in total. The van der Waals surface area contributed by atoms with Gasteiger partial charge in [0.1, 0.15) is 10.1 Å². The average molecular weight is 656 g/mol. The van der Waals surface area contributed by atoms with Crippen LogP contribution in [0.4, 0.5) is 0 Å². The molecule has 0 amide bonds. The number of fused-ring (bicyclic) bond motifs is 2. The van der Waals surface area contributed by atoms with Crippen molar-refractivity contribution in [1.82, 2.24) is 0 Å². The van der Waals surface area contributed by atoms with Crippen molar-refractivity contribution in [1.29, 1.82) is 0 Å². The van der Waals surface area contributed by atoms with Crippen molar-refractivity contribution in [3.05, 3.63) is 70.1 Å². The number of aryl methyl sites for hydroxylation is 1. The first kappa shape index (κ1) is 23.2. The van der Waals surface area contributed by atoms with Crippen LogP contribution in [0.5, 0.6) is 5.75 Å². The SMILES string of the molecule is Cc1ccccc1-c1c2cc(Br)c(=O)c(Br)c-2oc2c(Br)c([O-])c(Br)cc12.[K+]. The van der Waals surface area contributed by atoms with Gasteiger partial charge in [0, 0.05) is 21.0 Å². The smallest absolute Gasteiger partial charge is 0.871 e. The van der Waals surface area contributed by atoms with Gasteiger partial charge in [0.05, 0.1) is 8.95 Å². The number of hydrogen-bond donors (Lipinski definition) is 0. The van der Waals surface area contributed by atoms with Crippen LogP contribution < -0.4 is 61.9 Å². The molecule has 0 radical (unpaired) electrons. The van der Waals surface area contributed by atoms with E-state index in [2.05, 4.69) is 63.7 Å². The van der Waals surface area contributed by atoms with E-state index in [1.165, 1.54) is 0 Å². The van der Waals surface area contributed by atoms with Crippen LogP contribution in [0.25, 0.3) is 33.4 Å². The second kappa shape index (κ2) is 8.92. The Balaban J connectivity index is 0.00000225. The van der Waals surface area contributed by atoms with Gasteiger partial charge in [-0.2, -0.15) is 0 Å². The Morgan fingerprint density at radius 1 is 0.929 bits per heavy atom. The van der Waals surface area contributed by atoms with Gasteiger partial charge in [0.2, 0.25) is 5.43 Å². The molecule has 8 heteroatoms. The zero-order valence-corrected chi connectivity index (χ0v) is 24.2. The van der Waals surface area contributed by atoms with Gasteiger partial charge in [-0.15, -0.1) is 0 Å². The molecule has 2 aromatic rings. The molecule has 0 saturated heterocycles. The Bertz CT molecular complexity index is 1270. The Morgan fingerprint density at radius 2 is 1.61 bits per heavy atom. The molecule has 0 saturated carbocycles. The van der Waals surface area contributed by atoms with Crippen LogP contribution in [0.2, 0.25) is 0 Å². The summed E-state index contributed by atoms with van der Waals surface area (Å²) in [6.07, 6.45) is 0. The molecular weight excluding hydrogens is 647 g/mol. The van der Waals surface area contributed by atoms with Gasteiger partial charge < -0.3 is 9.52 Å². The first-order valence-electron chi connectivity index (χ1n) is 7.80. The summed E-state index contributed by atoms with van der Waals surface area (Å²) in [5, 5.41) is 13.2. The molecule has 0 unspecified atom stereocenters. The van der Waals surface area contributed by atoms with Crippen LogP contribution in [-0.2, 0) is 0 Å². The van der Waals surface area contributed by atoms with Crippen molar-refractivity contribution in [2.45, 2.75) is 6.92 Å². The Hall–Kier alpha value is 0.486. The third kappa shape index (κ3) is 3.78. The van der Waals surface area contributed by atoms with Crippen molar-refractivity contribution >= 4 is 74.7 Å². The summed E-state index contributed by atoms with van der Waals surface area (Å²) < 4.78 is 7.54. The van der Waals surface area contributed by atoms with Crippen LogP contribution in [0.15, 0.2) is 63.5 Å². The summed E-state index contributed by atoms with van der Waals surface area (Å²) in [7, 11) is 0. The summed E-state index contributed by atoms with van der Waals surface area (Å²) in [6, 6.07) is 11.5. The first-order chi connectivity index (χ1) is 12.8. The van der Waals surface area contributed by atoms with E-state index in [0.717, 1.165) is 27.6 Å². The first-order valence-corrected chi connectivity index (χ1v) is 11.0. The van der Waals surface area contributed by atoms with E-state index >= 15 is 0 Å². The molecule has 1 aliphatic carbocycles. The fraction of sp³-hybridized carbons (Fsp3) is 0.0500. The van der Waals surface area contributed by atoms with Gasteiger partial charge >= 0.3 is 51.4 Å². The predicted octanol–water partition coefficient (Wildman–Crippen LogP) is 4.00. The minimum Gasteiger partial charge on any atom is -0.871 e. The van der Waals surface area contributed by atoms with E-state index in [1.54, 1.807) is 12.1 Å². The van der Waals surface area contributed by atoms with Gasteiger partial charge in [-0.3, -0.25) is 4.79 Å². The maximum Gasteiger partial charge on any atom is 1.00 e. The molecule has 0 aromatic heterocycles. The molecule has 2 aliphatic rings. The minimum absolute atomic E-state index is 0. The summed E-state index contributed by atoms with van der Waals surface area (Å²) in [5.74, 6) is 0.188. The monoisotopic (exact) mass is 652 g/mol. The molecule has 3 nitrogen and oxygen atoms in total. The zero-order chi connectivity index (χ0) is 19.5.